The van der Waals surface area contributed by atoms with Crippen molar-refractivity contribution in [3.05, 3.63) is 65.6 Å². The molecule has 0 saturated heterocycles. The van der Waals surface area contributed by atoms with Crippen molar-refractivity contribution in [2.75, 3.05) is 19.4 Å². The highest BCUT2D eigenvalue weighted by Crippen LogP contribution is 2.20. The molecule has 1 N–H and O–H groups in total. The van der Waals surface area contributed by atoms with Gasteiger partial charge in [0.25, 0.3) is 0 Å². The Hall–Kier alpha value is -2.60. The molecule has 0 spiro atoms. The smallest absolute Gasteiger partial charge is 0.177 e. The molecule has 0 saturated carbocycles. The summed E-state index contributed by atoms with van der Waals surface area (Å²) >= 11 is 0. The lowest BCUT2D eigenvalue weighted by Crippen LogP contribution is -2.15. The second kappa shape index (κ2) is 6.89. The molecule has 24 heavy (non-hydrogen) atoms. The molecule has 0 unspecified atom stereocenters. The quantitative estimate of drug-likeness (QED) is 0.709. The molecule has 1 aromatic carbocycles. The zero-order valence-electron chi connectivity index (χ0n) is 13.9. The monoisotopic (exact) mass is 318 g/mol. The summed E-state index contributed by atoms with van der Waals surface area (Å²) in [7, 11) is 9.66. The summed E-state index contributed by atoms with van der Waals surface area (Å²) < 4.78 is 1.70. The van der Waals surface area contributed by atoms with Gasteiger partial charge in [-0.15, -0.1) is 0 Å². The molecule has 3 rings (SSSR count). The number of benzene rings is 1. The average molecular weight is 318 g/mol. The van der Waals surface area contributed by atoms with Crippen molar-refractivity contribution in [2.45, 2.75) is 13.1 Å². The highest BCUT2D eigenvalue weighted by atomic mass is 16.1. The number of nitrogens with zero attached hydrogens (tertiary/aromatic N) is 3. The van der Waals surface area contributed by atoms with Crippen LogP contribution in [0.2, 0.25) is 0 Å². The summed E-state index contributed by atoms with van der Waals surface area (Å²) in [6, 6.07) is 12.0. The van der Waals surface area contributed by atoms with E-state index < -0.39 is 5.68 Å². The fraction of sp³-hybridized carbons (Fsp3) is 0.222. The van der Waals surface area contributed by atoms with E-state index in [0.717, 1.165) is 6.54 Å². The van der Waals surface area contributed by atoms with Crippen LogP contribution in [0.25, 0.3) is 5.65 Å². The molecule has 120 valence electrons. The summed E-state index contributed by atoms with van der Waals surface area (Å²) in [6.45, 7) is 1.48. The fourth-order valence-corrected chi connectivity index (χ4v) is 2.80. The Morgan fingerprint density at radius 1 is 1.21 bits per heavy atom. The number of hydrogen-bond donors (Lipinski definition) is 1. The number of fused-ring (bicyclic) bond motifs is 1. The van der Waals surface area contributed by atoms with E-state index in [1.807, 2.05) is 38.4 Å². The second-order valence-electron chi connectivity index (χ2n) is 5.98. The molecule has 6 heteroatoms. The summed E-state index contributed by atoms with van der Waals surface area (Å²) in [5, 5.41) is 3.34. The molecule has 2 radical (unpaired) electrons. The van der Waals surface area contributed by atoms with E-state index in [9.17, 15) is 4.79 Å². The topological polar surface area (TPSA) is 49.6 Å². The molecule has 0 aliphatic rings. The van der Waals surface area contributed by atoms with Gasteiger partial charge in [-0.1, -0.05) is 24.3 Å². The maximum atomic E-state index is 11.9. The maximum Gasteiger partial charge on any atom is 0.177 e. The van der Waals surface area contributed by atoms with Gasteiger partial charge in [0.05, 0.1) is 5.69 Å². The van der Waals surface area contributed by atoms with Gasteiger partial charge in [0.1, 0.15) is 17.0 Å². The molecule has 0 atom stereocenters. The lowest BCUT2D eigenvalue weighted by Gasteiger charge is -2.16. The van der Waals surface area contributed by atoms with Crippen LogP contribution in [-0.4, -0.2) is 41.9 Å². The SMILES string of the molecule is [B]C(=O)c1c(NCc2ccccc2CN(C)C)ccc2nccn12. The van der Waals surface area contributed by atoms with Crippen LogP contribution in [0.4, 0.5) is 5.69 Å². The van der Waals surface area contributed by atoms with Gasteiger partial charge in [-0.3, -0.25) is 4.40 Å². The molecule has 0 aliphatic heterocycles. The Morgan fingerprint density at radius 2 is 1.96 bits per heavy atom. The van der Waals surface area contributed by atoms with E-state index in [1.54, 1.807) is 16.8 Å². The zero-order valence-corrected chi connectivity index (χ0v) is 13.9. The lowest BCUT2D eigenvalue weighted by molar-refractivity contribution is 0.107. The van der Waals surface area contributed by atoms with E-state index in [-0.39, 0.29) is 0 Å². The normalized spacial score (nSPS) is 11.1. The van der Waals surface area contributed by atoms with Gasteiger partial charge in [0.15, 0.2) is 7.85 Å². The first-order valence-corrected chi connectivity index (χ1v) is 7.77. The molecule has 0 aliphatic carbocycles. The van der Waals surface area contributed by atoms with Crippen molar-refractivity contribution in [3.63, 3.8) is 0 Å². The molecular weight excluding hydrogens is 299 g/mol. The largest absolute Gasteiger partial charge is 0.379 e. The van der Waals surface area contributed by atoms with Gasteiger partial charge in [0, 0.05) is 25.5 Å². The van der Waals surface area contributed by atoms with Gasteiger partial charge in [-0.2, -0.15) is 0 Å². The minimum Gasteiger partial charge on any atom is -0.379 e. The second-order valence-corrected chi connectivity index (χ2v) is 5.98. The summed E-state index contributed by atoms with van der Waals surface area (Å²) in [6.07, 6.45) is 3.39. The van der Waals surface area contributed by atoms with Crippen molar-refractivity contribution >= 4 is 24.9 Å². The Kier molecular flexibility index (Phi) is 4.67. The first kappa shape index (κ1) is 16.3. The molecule has 3 aromatic rings. The number of carbonyl (C=O) groups excluding carboxylic acids is 1. The van der Waals surface area contributed by atoms with Crippen molar-refractivity contribution in [2.24, 2.45) is 0 Å². The van der Waals surface area contributed by atoms with Crippen molar-refractivity contribution in [1.82, 2.24) is 14.3 Å². The Balaban J connectivity index is 1.89. The molecule has 0 fully saturated rings. The number of rotatable bonds is 6. The summed E-state index contributed by atoms with van der Waals surface area (Å²) in [5.41, 5.74) is 3.76. The minimum absolute atomic E-state index is 0.412. The number of carbonyl (C=O) groups is 1. The predicted molar refractivity (Wildman–Crippen MR) is 96.4 cm³/mol. The third-order valence-electron chi connectivity index (χ3n) is 3.87. The number of pyridine rings is 1. The first-order valence-electron chi connectivity index (χ1n) is 7.77. The molecule has 5 nitrogen and oxygen atoms in total. The predicted octanol–water partition coefficient (Wildman–Crippen LogP) is 2.32. The highest BCUT2D eigenvalue weighted by molar-refractivity contribution is 6.62. The van der Waals surface area contributed by atoms with Crippen LogP contribution in [-0.2, 0) is 13.1 Å². The van der Waals surface area contributed by atoms with E-state index in [4.69, 9.17) is 7.85 Å². The number of aromatic nitrogens is 2. The van der Waals surface area contributed by atoms with Crippen molar-refractivity contribution in [3.8, 4) is 0 Å². The van der Waals surface area contributed by atoms with Crippen LogP contribution < -0.4 is 5.32 Å². The fourth-order valence-electron chi connectivity index (χ4n) is 2.80. The van der Waals surface area contributed by atoms with E-state index in [2.05, 4.69) is 27.3 Å². The van der Waals surface area contributed by atoms with Gasteiger partial charge in [-0.05, 0) is 37.4 Å². The van der Waals surface area contributed by atoms with Crippen LogP contribution in [0.3, 0.4) is 0 Å². The first-order chi connectivity index (χ1) is 11.6. The Bertz CT molecular complexity index is 872. The molecule has 0 bridgehead atoms. The molecular formula is C18H19BN4O. The average Bonchev–Trinajstić information content (AvgIpc) is 3.01. The van der Waals surface area contributed by atoms with Crippen molar-refractivity contribution < 1.29 is 4.79 Å². The molecule has 0 amide bonds. The number of nitrogens with one attached hydrogen (secondary N) is 1. The Morgan fingerprint density at radius 3 is 2.67 bits per heavy atom. The van der Waals surface area contributed by atoms with Crippen LogP contribution in [0, 0.1) is 0 Å². The van der Waals surface area contributed by atoms with Gasteiger partial charge >= 0.3 is 0 Å². The molecule has 2 aromatic heterocycles. The zero-order chi connectivity index (χ0) is 17.1. The van der Waals surface area contributed by atoms with Gasteiger partial charge in [0.2, 0.25) is 0 Å². The van der Waals surface area contributed by atoms with E-state index >= 15 is 0 Å². The van der Waals surface area contributed by atoms with Crippen LogP contribution in [0.5, 0.6) is 0 Å². The minimum atomic E-state index is -0.484. The van der Waals surface area contributed by atoms with Crippen molar-refractivity contribution in [1.29, 1.82) is 0 Å². The van der Waals surface area contributed by atoms with Crippen LogP contribution in [0.1, 0.15) is 21.6 Å². The van der Waals surface area contributed by atoms with E-state index in [1.165, 1.54) is 11.1 Å². The van der Waals surface area contributed by atoms with Crippen LogP contribution in [0.15, 0.2) is 48.8 Å². The number of hydrogen-bond acceptors (Lipinski definition) is 4. The number of anilines is 1. The Labute approximate surface area is 142 Å². The van der Waals surface area contributed by atoms with Gasteiger partial charge in [-0.25, -0.2) is 4.98 Å². The third-order valence-corrected chi connectivity index (χ3v) is 3.87. The lowest BCUT2D eigenvalue weighted by atomic mass is 9.97. The third kappa shape index (κ3) is 3.33. The van der Waals surface area contributed by atoms with Gasteiger partial charge < -0.3 is 15.0 Å². The highest BCUT2D eigenvalue weighted by Gasteiger charge is 2.12. The summed E-state index contributed by atoms with van der Waals surface area (Å²) in [4.78, 5) is 18.2. The van der Waals surface area contributed by atoms with Crippen LogP contribution >= 0.6 is 0 Å². The number of imidazole rings is 1. The maximum absolute atomic E-state index is 11.9. The molecule has 2 heterocycles. The summed E-state index contributed by atoms with van der Waals surface area (Å²) in [5.74, 6) is 0. The standard InChI is InChI=1S/C18H19BN4O/c1-22(2)12-14-6-4-3-5-13(14)11-21-15-7-8-16-20-9-10-23(16)17(15)18(19)24/h3-10,21H,11-12H2,1-2H3. The van der Waals surface area contributed by atoms with E-state index in [0.29, 0.717) is 23.6 Å².